The number of piperidine rings is 1. The minimum atomic E-state index is -1.82. The van der Waals surface area contributed by atoms with Crippen LogP contribution in [0.2, 0.25) is 10.0 Å². The van der Waals surface area contributed by atoms with Crippen molar-refractivity contribution in [3.8, 4) is 11.6 Å². The van der Waals surface area contributed by atoms with E-state index in [0.29, 0.717) is 28.1 Å². The molecule has 0 radical (unpaired) electrons. The second-order valence-electron chi connectivity index (χ2n) is 7.19. The van der Waals surface area contributed by atoms with Gasteiger partial charge in [-0.05, 0) is 58.0 Å². The zero-order chi connectivity index (χ0) is 23.8. The average molecular weight is 486 g/mol. The summed E-state index contributed by atoms with van der Waals surface area (Å²) >= 11 is 12.1. The number of carbonyl (C=O) groups excluding carboxylic acids is 1. The Labute approximate surface area is 195 Å². The maximum absolute atomic E-state index is 12.1. The summed E-state index contributed by atoms with van der Waals surface area (Å²) < 4.78 is 7.56. The number of aromatic nitrogens is 2. The van der Waals surface area contributed by atoms with Crippen molar-refractivity contribution in [3.63, 3.8) is 0 Å². The number of hydrogen-bond donors (Lipinski definition) is 2. The van der Waals surface area contributed by atoms with E-state index in [1.165, 1.54) is 26.2 Å². The maximum Gasteiger partial charge on any atom is 0.414 e. The molecule has 0 unspecified atom stereocenters. The molecule has 1 aliphatic rings. The summed E-state index contributed by atoms with van der Waals surface area (Å²) in [6.07, 6.45) is 3.78. The molecule has 0 aliphatic carbocycles. The van der Waals surface area contributed by atoms with Crippen molar-refractivity contribution in [2.24, 2.45) is 0 Å². The molecule has 0 bridgehead atoms. The second-order valence-corrected chi connectivity index (χ2v) is 8.01. The summed E-state index contributed by atoms with van der Waals surface area (Å²) in [5.41, 5.74) is 1.98. The van der Waals surface area contributed by atoms with E-state index in [1.54, 1.807) is 16.8 Å². The number of hydrogen-bond acceptors (Lipinski definition) is 6. The molecule has 1 aliphatic heterocycles. The van der Waals surface area contributed by atoms with E-state index in [-0.39, 0.29) is 5.78 Å². The van der Waals surface area contributed by atoms with E-state index in [2.05, 4.69) is 10.00 Å². The highest BCUT2D eigenvalue weighted by Gasteiger charge is 2.21. The number of nitrogens with zero attached hydrogens (tertiary/aromatic N) is 3. The lowest BCUT2D eigenvalue weighted by atomic mass is 10.1. The van der Waals surface area contributed by atoms with Crippen molar-refractivity contribution in [2.75, 3.05) is 26.2 Å². The van der Waals surface area contributed by atoms with E-state index in [0.717, 1.165) is 31.0 Å². The first-order valence-corrected chi connectivity index (χ1v) is 10.7. The summed E-state index contributed by atoms with van der Waals surface area (Å²) in [6.45, 7) is 6.96. The number of aliphatic carboxylic acids is 2. The van der Waals surface area contributed by atoms with Crippen LogP contribution in [-0.2, 0) is 9.59 Å². The summed E-state index contributed by atoms with van der Waals surface area (Å²) in [5, 5.41) is 20.2. The van der Waals surface area contributed by atoms with Crippen LogP contribution in [0.5, 0.6) is 5.88 Å². The Morgan fingerprint density at radius 2 is 1.69 bits per heavy atom. The quantitative estimate of drug-likeness (QED) is 0.468. The number of carboxylic acid groups (broad SMARTS) is 2. The molecule has 3 rings (SSSR count). The number of likely N-dealkylation sites (tertiary alicyclic amines) is 1. The third kappa shape index (κ3) is 6.94. The number of rotatable bonds is 6. The fourth-order valence-electron chi connectivity index (χ4n) is 3.31. The predicted molar refractivity (Wildman–Crippen MR) is 119 cm³/mol. The van der Waals surface area contributed by atoms with Crippen LogP contribution in [0, 0.1) is 6.92 Å². The van der Waals surface area contributed by atoms with Gasteiger partial charge >= 0.3 is 11.9 Å². The zero-order valence-electron chi connectivity index (χ0n) is 17.8. The Hall–Kier alpha value is -2.62. The fourth-order valence-corrected chi connectivity index (χ4v) is 3.60. The van der Waals surface area contributed by atoms with Gasteiger partial charge in [-0.25, -0.2) is 14.3 Å². The van der Waals surface area contributed by atoms with Crippen LogP contribution in [0.3, 0.4) is 0 Å². The van der Waals surface area contributed by atoms with Crippen LogP contribution in [0.4, 0.5) is 0 Å². The Morgan fingerprint density at radius 3 is 2.22 bits per heavy atom. The topological polar surface area (TPSA) is 122 Å². The summed E-state index contributed by atoms with van der Waals surface area (Å²) in [6, 6.07) is 5.26. The number of ether oxygens (including phenoxy) is 1. The molecule has 2 N–H and O–H groups in total. The minimum absolute atomic E-state index is 0.0678. The van der Waals surface area contributed by atoms with Gasteiger partial charge in [-0.3, -0.25) is 9.69 Å². The van der Waals surface area contributed by atoms with Crippen LogP contribution in [0.25, 0.3) is 5.69 Å². The molecule has 9 nitrogen and oxygen atoms in total. The third-order valence-electron chi connectivity index (χ3n) is 4.86. The highest BCUT2D eigenvalue weighted by Crippen LogP contribution is 2.28. The van der Waals surface area contributed by atoms with Gasteiger partial charge in [0.05, 0.1) is 21.4 Å². The first kappa shape index (κ1) is 25.6. The molecule has 0 atom stereocenters. The Bertz CT molecular complexity index is 974. The molecule has 174 valence electrons. The Morgan fingerprint density at radius 1 is 1.06 bits per heavy atom. The van der Waals surface area contributed by atoms with Gasteiger partial charge in [-0.2, -0.15) is 0 Å². The summed E-state index contributed by atoms with van der Waals surface area (Å²) in [7, 11) is 0. The molecule has 2 aromatic rings. The average Bonchev–Trinajstić information content (AvgIpc) is 3.07. The van der Waals surface area contributed by atoms with Crippen molar-refractivity contribution in [1.82, 2.24) is 14.7 Å². The van der Waals surface area contributed by atoms with Crippen LogP contribution in [-0.4, -0.2) is 68.9 Å². The van der Waals surface area contributed by atoms with E-state index >= 15 is 0 Å². The Balaban J connectivity index is 0.000000534. The van der Waals surface area contributed by atoms with E-state index < -0.39 is 11.9 Å². The number of carboxylic acids is 2. The van der Waals surface area contributed by atoms with E-state index in [9.17, 15) is 4.79 Å². The highest BCUT2D eigenvalue weighted by molar-refractivity contribution is 6.42. The first-order valence-electron chi connectivity index (χ1n) is 9.99. The second kappa shape index (κ2) is 11.8. The normalized spacial score (nSPS) is 13.8. The summed E-state index contributed by atoms with van der Waals surface area (Å²) in [4.78, 5) is 32.7. The van der Waals surface area contributed by atoms with Crippen molar-refractivity contribution in [1.29, 1.82) is 0 Å². The molecule has 0 spiro atoms. The zero-order valence-corrected chi connectivity index (χ0v) is 19.3. The van der Waals surface area contributed by atoms with E-state index in [1.807, 2.05) is 13.0 Å². The number of Topliss-reactive ketones (excluding diaryl/α,β-unsaturated/α-hetero) is 1. The van der Waals surface area contributed by atoms with Gasteiger partial charge in [0.15, 0.2) is 5.78 Å². The largest absolute Gasteiger partial charge is 0.475 e. The smallest absolute Gasteiger partial charge is 0.414 e. The van der Waals surface area contributed by atoms with Crippen molar-refractivity contribution >= 4 is 40.9 Å². The SMILES string of the molecule is CC(=O)c1c(OCCN2CCCCC2)nn(-c2ccc(Cl)c(Cl)c2)c1C.O=C(O)C(=O)O. The fraction of sp³-hybridized carbons (Fsp3) is 0.429. The van der Waals surface area contributed by atoms with E-state index in [4.69, 9.17) is 47.7 Å². The van der Waals surface area contributed by atoms with Crippen molar-refractivity contribution < 1.29 is 29.3 Å². The van der Waals surface area contributed by atoms with Crippen LogP contribution in [0.1, 0.15) is 42.2 Å². The molecule has 1 fully saturated rings. The van der Waals surface area contributed by atoms with Gasteiger partial charge in [0.1, 0.15) is 12.2 Å². The minimum Gasteiger partial charge on any atom is -0.475 e. The molecule has 0 amide bonds. The number of benzene rings is 1. The highest BCUT2D eigenvalue weighted by atomic mass is 35.5. The summed E-state index contributed by atoms with van der Waals surface area (Å²) in [5.74, 6) is -3.34. The molecule has 11 heteroatoms. The molecule has 1 aromatic carbocycles. The molecule has 32 heavy (non-hydrogen) atoms. The lowest BCUT2D eigenvalue weighted by Crippen LogP contribution is -2.33. The van der Waals surface area contributed by atoms with Gasteiger partial charge in [0, 0.05) is 6.54 Å². The predicted octanol–water partition coefficient (Wildman–Crippen LogP) is 3.71. The Kier molecular flexibility index (Phi) is 9.49. The lowest BCUT2D eigenvalue weighted by Gasteiger charge is -2.25. The van der Waals surface area contributed by atoms with Crippen LogP contribution < -0.4 is 4.74 Å². The molecular formula is C21H25Cl2N3O6. The number of carbonyl (C=O) groups is 3. The molecule has 1 aromatic heterocycles. The monoisotopic (exact) mass is 485 g/mol. The molecule has 1 saturated heterocycles. The van der Waals surface area contributed by atoms with Crippen LogP contribution >= 0.6 is 23.2 Å². The lowest BCUT2D eigenvalue weighted by molar-refractivity contribution is -0.159. The van der Waals surface area contributed by atoms with Gasteiger partial charge < -0.3 is 14.9 Å². The molecule has 0 saturated carbocycles. The molecule has 2 heterocycles. The van der Waals surface area contributed by atoms with Gasteiger partial charge in [-0.15, -0.1) is 5.10 Å². The first-order chi connectivity index (χ1) is 15.1. The van der Waals surface area contributed by atoms with Crippen molar-refractivity contribution in [2.45, 2.75) is 33.1 Å². The maximum atomic E-state index is 12.1. The number of halogens is 2. The van der Waals surface area contributed by atoms with Gasteiger partial charge in [-0.1, -0.05) is 29.6 Å². The van der Waals surface area contributed by atoms with Gasteiger partial charge in [0.2, 0.25) is 5.88 Å². The van der Waals surface area contributed by atoms with Crippen molar-refractivity contribution in [3.05, 3.63) is 39.5 Å². The third-order valence-corrected chi connectivity index (χ3v) is 5.60. The standard InChI is InChI=1S/C19H23Cl2N3O2.C2H2O4/c1-13-18(14(2)25)19(26-11-10-23-8-4-3-5-9-23)22-24(13)15-6-7-16(20)17(21)12-15;3-1(4)2(5)6/h6-7,12H,3-5,8-11H2,1-2H3;(H,3,4)(H,5,6). The number of ketones is 1. The molecular weight excluding hydrogens is 461 g/mol. The van der Waals surface area contributed by atoms with Gasteiger partial charge in [0.25, 0.3) is 0 Å². The van der Waals surface area contributed by atoms with Crippen LogP contribution in [0.15, 0.2) is 18.2 Å².